The van der Waals surface area contributed by atoms with Crippen LogP contribution in [0.3, 0.4) is 0 Å². The smallest absolute Gasteiger partial charge is 0.162 e. The fourth-order valence-corrected chi connectivity index (χ4v) is 2.03. The quantitative estimate of drug-likeness (QED) is 0.809. The van der Waals surface area contributed by atoms with Crippen LogP contribution in [0.4, 0.5) is 0 Å². The third-order valence-electron chi connectivity index (χ3n) is 3.87. The first-order chi connectivity index (χ1) is 8.85. The molecule has 0 saturated carbocycles. The van der Waals surface area contributed by atoms with Crippen LogP contribution in [0.15, 0.2) is 6.20 Å². The number of halogens is 1. The Balaban J connectivity index is 2.33. The lowest BCUT2D eigenvalue weighted by atomic mass is 10.0. The van der Waals surface area contributed by atoms with E-state index in [0.717, 1.165) is 23.3 Å². The van der Waals surface area contributed by atoms with Gasteiger partial charge in [0, 0.05) is 12.6 Å². The number of aryl methyl sites for hydroxylation is 1. The molecule has 2 rings (SSSR count). The molecule has 2 aromatic heterocycles. The van der Waals surface area contributed by atoms with Crippen LogP contribution in [0.5, 0.6) is 0 Å². The number of hydrogen-bond donors (Lipinski definition) is 0. The van der Waals surface area contributed by atoms with E-state index in [4.69, 9.17) is 11.6 Å². The molecule has 0 aliphatic carbocycles. The molecule has 0 aromatic carbocycles. The number of rotatable bonds is 4. The molecule has 0 radical (unpaired) electrons. The third-order valence-corrected chi connectivity index (χ3v) is 4.16. The standard InChI is InChI=1S/C13H20ClN5/c1-6-13(2,3)18(4)8-10-16-11(14)9-7-15-19(5)12(9)17-10/h7H,6,8H2,1-5H3. The molecule has 104 valence electrons. The number of aromatic nitrogens is 4. The van der Waals surface area contributed by atoms with Crippen LogP contribution >= 0.6 is 11.6 Å². The van der Waals surface area contributed by atoms with E-state index >= 15 is 0 Å². The summed E-state index contributed by atoms with van der Waals surface area (Å²) in [6.45, 7) is 7.25. The van der Waals surface area contributed by atoms with Gasteiger partial charge in [-0.3, -0.25) is 9.58 Å². The Morgan fingerprint density at radius 3 is 2.68 bits per heavy atom. The summed E-state index contributed by atoms with van der Waals surface area (Å²) in [7, 11) is 3.93. The predicted molar refractivity (Wildman–Crippen MR) is 77.2 cm³/mol. The first-order valence-electron chi connectivity index (χ1n) is 6.40. The molecule has 0 aliphatic rings. The highest BCUT2D eigenvalue weighted by molar-refractivity contribution is 6.33. The van der Waals surface area contributed by atoms with Gasteiger partial charge in [-0.15, -0.1) is 0 Å². The van der Waals surface area contributed by atoms with Crippen molar-refractivity contribution in [3.8, 4) is 0 Å². The van der Waals surface area contributed by atoms with E-state index in [1.165, 1.54) is 0 Å². The fourth-order valence-electron chi connectivity index (χ4n) is 1.80. The Bertz CT molecular complexity index is 590. The zero-order chi connectivity index (χ0) is 14.2. The lowest BCUT2D eigenvalue weighted by Crippen LogP contribution is -2.40. The summed E-state index contributed by atoms with van der Waals surface area (Å²) in [6, 6.07) is 0. The Labute approximate surface area is 118 Å². The molecule has 5 nitrogen and oxygen atoms in total. The molecule has 0 bridgehead atoms. The van der Waals surface area contributed by atoms with Crippen LogP contribution in [-0.2, 0) is 13.6 Å². The van der Waals surface area contributed by atoms with Crippen molar-refractivity contribution in [1.82, 2.24) is 24.6 Å². The number of hydrogen-bond acceptors (Lipinski definition) is 4. The number of nitrogens with zero attached hydrogens (tertiary/aromatic N) is 5. The Morgan fingerprint density at radius 2 is 2.05 bits per heavy atom. The van der Waals surface area contributed by atoms with Crippen molar-refractivity contribution in [1.29, 1.82) is 0 Å². The summed E-state index contributed by atoms with van der Waals surface area (Å²) in [5, 5.41) is 5.42. The Hall–Kier alpha value is -1.20. The highest BCUT2D eigenvalue weighted by atomic mass is 35.5. The third kappa shape index (κ3) is 2.72. The van der Waals surface area contributed by atoms with E-state index in [9.17, 15) is 0 Å². The van der Waals surface area contributed by atoms with E-state index in [-0.39, 0.29) is 5.54 Å². The van der Waals surface area contributed by atoms with Crippen LogP contribution in [0.25, 0.3) is 11.0 Å². The molecular weight excluding hydrogens is 262 g/mol. The van der Waals surface area contributed by atoms with Crippen molar-refractivity contribution in [2.45, 2.75) is 39.3 Å². The van der Waals surface area contributed by atoms with Crippen molar-refractivity contribution >= 4 is 22.6 Å². The second kappa shape index (κ2) is 5.06. The zero-order valence-electron chi connectivity index (χ0n) is 12.1. The maximum absolute atomic E-state index is 6.18. The second-order valence-corrected chi connectivity index (χ2v) is 5.82. The lowest BCUT2D eigenvalue weighted by molar-refractivity contribution is 0.139. The second-order valence-electron chi connectivity index (χ2n) is 5.46. The molecular formula is C13H20ClN5. The van der Waals surface area contributed by atoms with Crippen molar-refractivity contribution < 1.29 is 0 Å². The molecule has 0 N–H and O–H groups in total. The maximum atomic E-state index is 6.18. The average Bonchev–Trinajstić information content (AvgIpc) is 2.72. The molecule has 0 saturated heterocycles. The van der Waals surface area contributed by atoms with E-state index < -0.39 is 0 Å². The first kappa shape index (κ1) is 14.2. The molecule has 6 heteroatoms. The topological polar surface area (TPSA) is 46.8 Å². The molecule has 0 fully saturated rings. The van der Waals surface area contributed by atoms with Gasteiger partial charge in [0.05, 0.1) is 18.1 Å². The largest absolute Gasteiger partial charge is 0.294 e. The summed E-state index contributed by atoms with van der Waals surface area (Å²) in [6.07, 6.45) is 2.76. The van der Waals surface area contributed by atoms with Gasteiger partial charge in [-0.1, -0.05) is 18.5 Å². The molecule has 0 amide bonds. The van der Waals surface area contributed by atoms with Crippen LogP contribution < -0.4 is 0 Å². The Kier molecular flexibility index (Phi) is 3.78. The van der Waals surface area contributed by atoms with Gasteiger partial charge in [-0.25, -0.2) is 9.97 Å². The van der Waals surface area contributed by atoms with Gasteiger partial charge >= 0.3 is 0 Å². The van der Waals surface area contributed by atoms with Gasteiger partial charge in [0.2, 0.25) is 0 Å². The van der Waals surface area contributed by atoms with Crippen molar-refractivity contribution in [3.63, 3.8) is 0 Å². The molecule has 19 heavy (non-hydrogen) atoms. The van der Waals surface area contributed by atoms with Crippen LogP contribution in [0, 0.1) is 0 Å². The van der Waals surface area contributed by atoms with E-state index in [1.807, 2.05) is 7.05 Å². The summed E-state index contributed by atoms with van der Waals surface area (Å²) in [4.78, 5) is 11.1. The van der Waals surface area contributed by atoms with E-state index in [1.54, 1.807) is 10.9 Å². The minimum Gasteiger partial charge on any atom is -0.294 e. The van der Waals surface area contributed by atoms with Crippen molar-refractivity contribution in [2.24, 2.45) is 7.05 Å². The van der Waals surface area contributed by atoms with Crippen molar-refractivity contribution in [2.75, 3.05) is 7.05 Å². The summed E-state index contributed by atoms with van der Waals surface area (Å²) >= 11 is 6.18. The summed E-state index contributed by atoms with van der Waals surface area (Å²) < 4.78 is 1.72. The van der Waals surface area contributed by atoms with Gasteiger partial charge in [0.1, 0.15) is 11.0 Å². The normalized spacial score (nSPS) is 12.6. The van der Waals surface area contributed by atoms with E-state index in [0.29, 0.717) is 11.7 Å². The van der Waals surface area contributed by atoms with Gasteiger partial charge in [0.25, 0.3) is 0 Å². The zero-order valence-corrected chi connectivity index (χ0v) is 12.9. The average molecular weight is 282 g/mol. The molecule has 2 heterocycles. The van der Waals surface area contributed by atoms with Crippen LogP contribution in [-0.4, -0.2) is 37.2 Å². The van der Waals surface area contributed by atoms with Gasteiger partial charge in [-0.05, 0) is 27.3 Å². The minimum absolute atomic E-state index is 0.108. The highest BCUT2D eigenvalue weighted by Gasteiger charge is 2.22. The lowest BCUT2D eigenvalue weighted by Gasteiger charge is -2.34. The molecule has 0 unspecified atom stereocenters. The van der Waals surface area contributed by atoms with Gasteiger partial charge in [-0.2, -0.15) is 5.10 Å². The minimum atomic E-state index is 0.108. The maximum Gasteiger partial charge on any atom is 0.162 e. The van der Waals surface area contributed by atoms with Gasteiger partial charge < -0.3 is 0 Å². The van der Waals surface area contributed by atoms with Crippen LogP contribution in [0.1, 0.15) is 33.0 Å². The predicted octanol–water partition coefficient (Wildman–Crippen LogP) is 2.64. The first-order valence-corrected chi connectivity index (χ1v) is 6.78. The fraction of sp³-hybridized carbons (Fsp3) is 0.615. The molecule has 0 aliphatic heterocycles. The monoisotopic (exact) mass is 281 g/mol. The summed E-state index contributed by atoms with van der Waals surface area (Å²) in [5.41, 5.74) is 0.884. The van der Waals surface area contributed by atoms with Crippen LogP contribution in [0.2, 0.25) is 5.15 Å². The highest BCUT2D eigenvalue weighted by Crippen LogP contribution is 2.22. The summed E-state index contributed by atoms with van der Waals surface area (Å²) in [5.74, 6) is 0.727. The molecule has 2 aromatic rings. The molecule has 0 spiro atoms. The van der Waals surface area contributed by atoms with Crippen molar-refractivity contribution in [3.05, 3.63) is 17.2 Å². The van der Waals surface area contributed by atoms with Gasteiger partial charge in [0.15, 0.2) is 5.65 Å². The Morgan fingerprint density at radius 1 is 1.37 bits per heavy atom. The molecule has 0 atom stereocenters. The number of fused-ring (bicyclic) bond motifs is 1. The van der Waals surface area contributed by atoms with E-state index in [2.05, 4.69) is 47.8 Å². The SMILES string of the molecule is CCC(C)(C)N(C)Cc1nc(Cl)c2cnn(C)c2n1.